The Labute approximate surface area is 142 Å². The number of piperidine rings is 1. The number of carbonyl (C=O) groups is 1. The first-order chi connectivity index (χ1) is 11.6. The number of likely N-dealkylation sites (N-methyl/N-ethyl adjacent to an activating group) is 1. The van der Waals surface area contributed by atoms with E-state index in [0.717, 1.165) is 32.4 Å². The molecule has 0 radical (unpaired) electrons. The molecule has 1 atom stereocenters. The summed E-state index contributed by atoms with van der Waals surface area (Å²) >= 11 is 0. The summed E-state index contributed by atoms with van der Waals surface area (Å²) in [7, 11) is 1.80. The average Bonchev–Trinajstić information content (AvgIpc) is 3.00. The fourth-order valence-electron chi connectivity index (χ4n) is 3.22. The molecular weight excluding hydrogens is 304 g/mol. The monoisotopic (exact) mass is 328 g/mol. The van der Waals surface area contributed by atoms with Gasteiger partial charge in [0.25, 0.3) is 0 Å². The molecule has 0 saturated carbocycles. The second-order valence-electron chi connectivity index (χ2n) is 6.40. The number of likely N-dealkylation sites (tertiary alicyclic amines) is 1. The van der Waals surface area contributed by atoms with Crippen LogP contribution >= 0.6 is 0 Å². The maximum Gasteiger partial charge on any atom is 0.246 e. The van der Waals surface area contributed by atoms with Crippen LogP contribution < -0.4 is 0 Å². The minimum absolute atomic E-state index is 0.0759. The number of rotatable bonds is 5. The third-order valence-electron chi connectivity index (χ3n) is 4.45. The summed E-state index contributed by atoms with van der Waals surface area (Å²) in [5.74, 6) is 1.20. The number of carbonyl (C=O) groups excluding carboxylic acids is 1. The van der Waals surface area contributed by atoms with Crippen molar-refractivity contribution in [2.75, 3.05) is 13.6 Å². The Kier molecular flexibility index (Phi) is 5.25. The van der Waals surface area contributed by atoms with Gasteiger partial charge < -0.3 is 9.42 Å². The maximum absolute atomic E-state index is 12.9. The van der Waals surface area contributed by atoms with Gasteiger partial charge in [-0.2, -0.15) is 4.98 Å². The van der Waals surface area contributed by atoms with Gasteiger partial charge >= 0.3 is 0 Å². The van der Waals surface area contributed by atoms with Crippen molar-refractivity contribution in [1.29, 1.82) is 0 Å². The smallest absolute Gasteiger partial charge is 0.246 e. The second-order valence-corrected chi connectivity index (χ2v) is 6.40. The van der Waals surface area contributed by atoms with E-state index in [1.165, 1.54) is 5.56 Å². The third-order valence-corrected chi connectivity index (χ3v) is 4.45. The van der Waals surface area contributed by atoms with E-state index in [4.69, 9.17) is 4.52 Å². The van der Waals surface area contributed by atoms with Crippen molar-refractivity contribution in [3.63, 3.8) is 0 Å². The van der Waals surface area contributed by atoms with Gasteiger partial charge in [0, 0.05) is 13.6 Å². The van der Waals surface area contributed by atoms with Gasteiger partial charge in [0.2, 0.25) is 11.8 Å². The minimum Gasteiger partial charge on any atom is -0.337 e. The molecule has 2 heterocycles. The van der Waals surface area contributed by atoms with E-state index >= 15 is 0 Å². The molecule has 0 spiro atoms. The molecule has 0 N–H and O–H groups in total. The Morgan fingerprint density at radius 2 is 2.12 bits per heavy atom. The Morgan fingerprint density at radius 1 is 1.33 bits per heavy atom. The standard InChI is InChI=1S/C18H24N4O2/c1-14-19-17(24-20-14)13-21(2)18(23)16-10-6-7-11-22(16)12-15-8-4-3-5-9-15/h3-5,8-9,16H,6-7,10-13H2,1-2H3/t16-/m1/s1. The van der Waals surface area contributed by atoms with Crippen molar-refractivity contribution in [3.05, 3.63) is 47.6 Å². The highest BCUT2D eigenvalue weighted by molar-refractivity contribution is 5.81. The molecular formula is C18H24N4O2. The molecule has 1 fully saturated rings. The molecule has 3 rings (SSSR count). The number of aryl methyl sites for hydroxylation is 1. The molecule has 24 heavy (non-hydrogen) atoms. The van der Waals surface area contributed by atoms with Crippen LogP contribution in [0, 0.1) is 6.92 Å². The number of benzene rings is 1. The van der Waals surface area contributed by atoms with E-state index in [9.17, 15) is 4.79 Å². The summed E-state index contributed by atoms with van der Waals surface area (Å²) in [6.45, 7) is 3.90. The van der Waals surface area contributed by atoms with Crippen LogP contribution in [0.2, 0.25) is 0 Å². The lowest BCUT2D eigenvalue weighted by molar-refractivity contribution is -0.138. The number of hydrogen-bond acceptors (Lipinski definition) is 5. The molecule has 1 aromatic heterocycles. The van der Waals surface area contributed by atoms with E-state index in [2.05, 4.69) is 27.2 Å². The highest BCUT2D eigenvalue weighted by atomic mass is 16.5. The zero-order valence-corrected chi connectivity index (χ0v) is 14.3. The van der Waals surface area contributed by atoms with E-state index in [1.807, 2.05) is 18.2 Å². The SMILES string of the molecule is Cc1noc(CN(C)C(=O)[C@H]2CCCCN2Cc2ccccc2)n1. The first-order valence-electron chi connectivity index (χ1n) is 8.45. The molecule has 0 aliphatic carbocycles. The van der Waals surface area contributed by atoms with Gasteiger partial charge in [0.1, 0.15) is 0 Å². The molecule has 1 amide bonds. The highest BCUT2D eigenvalue weighted by Gasteiger charge is 2.31. The first-order valence-corrected chi connectivity index (χ1v) is 8.45. The Hall–Kier alpha value is -2.21. The third kappa shape index (κ3) is 4.00. The first kappa shape index (κ1) is 16.6. The number of hydrogen-bond donors (Lipinski definition) is 0. The van der Waals surface area contributed by atoms with Gasteiger partial charge in [-0.25, -0.2) is 0 Å². The summed E-state index contributed by atoms with van der Waals surface area (Å²) in [4.78, 5) is 21.1. The van der Waals surface area contributed by atoms with Gasteiger partial charge in [-0.3, -0.25) is 9.69 Å². The minimum atomic E-state index is -0.0759. The van der Waals surface area contributed by atoms with Crippen molar-refractivity contribution in [2.24, 2.45) is 0 Å². The summed E-state index contributed by atoms with van der Waals surface area (Å²) < 4.78 is 5.13. The Balaban J connectivity index is 1.66. The lowest BCUT2D eigenvalue weighted by atomic mass is 10.00. The largest absolute Gasteiger partial charge is 0.337 e. The predicted octanol–water partition coefficient (Wildman–Crippen LogP) is 2.39. The molecule has 0 bridgehead atoms. The Morgan fingerprint density at radius 3 is 2.83 bits per heavy atom. The van der Waals surface area contributed by atoms with E-state index in [-0.39, 0.29) is 11.9 Å². The van der Waals surface area contributed by atoms with E-state index in [0.29, 0.717) is 18.3 Å². The summed E-state index contributed by atoms with van der Waals surface area (Å²) in [6.07, 6.45) is 3.14. The molecule has 1 aliphatic rings. The van der Waals surface area contributed by atoms with Crippen molar-refractivity contribution >= 4 is 5.91 Å². The van der Waals surface area contributed by atoms with Gasteiger partial charge in [-0.15, -0.1) is 0 Å². The average molecular weight is 328 g/mol. The van der Waals surface area contributed by atoms with Crippen LogP contribution in [-0.4, -0.2) is 45.5 Å². The van der Waals surface area contributed by atoms with Crippen molar-refractivity contribution in [3.8, 4) is 0 Å². The quantitative estimate of drug-likeness (QED) is 0.843. The van der Waals surface area contributed by atoms with Crippen LogP contribution in [0.1, 0.15) is 36.5 Å². The van der Waals surface area contributed by atoms with Crippen LogP contribution in [0.3, 0.4) is 0 Å². The van der Waals surface area contributed by atoms with Crippen molar-refractivity contribution < 1.29 is 9.32 Å². The molecule has 128 valence electrons. The zero-order chi connectivity index (χ0) is 16.9. The van der Waals surface area contributed by atoms with Crippen LogP contribution in [0.4, 0.5) is 0 Å². The fourth-order valence-corrected chi connectivity index (χ4v) is 3.22. The molecule has 1 saturated heterocycles. The summed E-state index contributed by atoms with van der Waals surface area (Å²) in [6, 6.07) is 10.2. The van der Waals surface area contributed by atoms with Crippen LogP contribution in [0.15, 0.2) is 34.9 Å². The molecule has 0 unspecified atom stereocenters. The molecule has 1 aromatic carbocycles. The van der Waals surface area contributed by atoms with Gasteiger partial charge in [-0.1, -0.05) is 41.9 Å². The lowest BCUT2D eigenvalue weighted by Gasteiger charge is -2.36. The zero-order valence-electron chi connectivity index (χ0n) is 14.3. The highest BCUT2D eigenvalue weighted by Crippen LogP contribution is 2.21. The fraction of sp³-hybridized carbons (Fsp3) is 0.500. The number of aromatic nitrogens is 2. The van der Waals surface area contributed by atoms with E-state index < -0.39 is 0 Å². The maximum atomic E-state index is 12.9. The number of amides is 1. The van der Waals surface area contributed by atoms with Crippen molar-refractivity contribution in [1.82, 2.24) is 19.9 Å². The van der Waals surface area contributed by atoms with Gasteiger partial charge in [0.05, 0.1) is 12.6 Å². The predicted molar refractivity (Wildman–Crippen MR) is 90.0 cm³/mol. The summed E-state index contributed by atoms with van der Waals surface area (Å²) in [5, 5.41) is 3.78. The van der Waals surface area contributed by atoms with Gasteiger partial charge in [-0.05, 0) is 31.9 Å². The van der Waals surface area contributed by atoms with Gasteiger partial charge in [0.15, 0.2) is 5.82 Å². The number of nitrogens with zero attached hydrogens (tertiary/aromatic N) is 4. The molecule has 1 aliphatic heterocycles. The van der Waals surface area contributed by atoms with Crippen LogP contribution in [0.5, 0.6) is 0 Å². The van der Waals surface area contributed by atoms with Crippen LogP contribution in [0.25, 0.3) is 0 Å². The Bertz CT molecular complexity index is 671. The summed E-state index contributed by atoms with van der Waals surface area (Å²) in [5.41, 5.74) is 1.24. The topological polar surface area (TPSA) is 62.5 Å². The van der Waals surface area contributed by atoms with E-state index in [1.54, 1.807) is 18.9 Å². The normalized spacial score (nSPS) is 18.5. The second kappa shape index (κ2) is 7.57. The molecule has 6 heteroatoms. The molecule has 6 nitrogen and oxygen atoms in total. The van der Waals surface area contributed by atoms with Crippen molar-refractivity contribution in [2.45, 2.75) is 45.3 Å². The molecule has 2 aromatic rings. The lowest BCUT2D eigenvalue weighted by Crippen LogP contribution is -2.49. The van der Waals surface area contributed by atoms with Crippen LogP contribution in [-0.2, 0) is 17.9 Å².